The standard InChI is InChI=1S/C26H25N3O/c1-4-5-12-30-25-11-10-19-8-6-7-9-21(19)22(25)15-20(16-27)26-28-23-13-17(2)18(3)14-24(23)29-26/h6-11,13-15H,4-5,12H2,1-3H3,(H,28,29)/b20-15-. The fourth-order valence-corrected chi connectivity index (χ4v) is 3.57. The number of allylic oxidation sites excluding steroid dienone is 1. The quantitative estimate of drug-likeness (QED) is 0.296. The number of ether oxygens (including phenoxy) is 1. The molecule has 3 aromatic carbocycles. The molecule has 0 amide bonds. The topological polar surface area (TPSA) is 61.7 Å². The predicted molar refractivity (Wildman–Crippen MR) is 123 cm³/mol. The van der Waals surface area contributed by atoms with Crippen LogP contribution in [0.15, 0.2) is 48.5 Å². The molecule has 0 saturated heterocycles. The fourth-order valence-electron chi connectivity index (χ4n) is 3.57. The van der Waals surface area contributed by atoms with Crippen molar-refractivity contribution in [3.63, 3.8) is 0 Å². The Morgan fingerprint density at radius 2 is 1.93 bits per heavy atom. The zero-order chi connectivity index (χ0) is 21.1. The summed E-state index contributed by atoms with van der Waals surface area (Å²) in [5, 5.41) is 12.1. The second-order valence-corrected chi connectivity index (χ2v) is 7.61. The average molecular weight is 396 g/mol. The Labute approximate surface area is 176 Å². The molecule has 30 heavy (non-hydrogen) atoms. The van der Waals surface area contributed by atoms with Gasteiger partial charge < -0.3 is 9.72 Å². The maximum absolute atomic E-state index is 9.93. The van der Waals surface area contributed by atoms with Crippen molar-refractivity contribution in [2.45, 2.75) is 33.6 Å². The maximum Gasteiger partial charge on any atom is 0.149 e. The van der Waals surface area contributed by atoms with Gasteiger partial charge in [-0.2, -0.15) is 5.26 Å². The zero-order valence-electron chi connectivity index (χ0n) is 17.6. The number of fused-ring (bicyclic) bond motifs is 2. The number of benzene rings is 3. The highest BCUT2D eigenvalue weighted by Gasteiger charge is 2.13. The van der Waals surface area contributed by atoms with E-state index in [9.17, 15) is 5.26 Å². The highest BCUT2D eigenvalue weighted by Crippen LogP contribution is 2.32. The molecule has 1 aromatic heterocycles. The van der Waals surface area contributed by atoms with E-state index >= 15 is 0 Å². The summed E-state index contributed by atoms with van der Waals surface area (Å²) in [6, 6.07) is 18.7. The highest BCUT2D eigenvalue weighted by atomic mass is 16.5. The zero-order valence-corrected chi connectivity index (χ0v) is 17.6. The number of aromatic nitrogens is 2. The van der Waals surface area contributed by atoms with Crippen LogP contribution in [0.4, 0.5) is 0 Å². The van der Waals surface area contributed by atoms with E-state index in [-0.39, 0.29) is 0 Å². The second-order valence-electron chi connectivity index (χ2n) is 7.61. The molecule has 4 nitrogen and oxygen atoms in total. The molecule has 0 aliphatic rings. The molecule has 1 heterocycles. The van der Waals surface area contributed by atoms with Crippen LogP contribution in [0.25, 0.3) is 33.5 Å². The van der Waals surface area contributed by atoms with E-state index in [1.165, 1.54) is 11.1 Å². The number of imidazole rings is 1. The molecule has 0 aliphatic carbocycles. The van der Waals surface area contributed by atoms with E-state index < -0.39 is 0 Å². The Balaban J connectivity index is 1.85. The van der Waals surface area contributed by atoms with Gasteiger partial charge in [0.05, 0.1) is 23.2 Å². The van der Waals surface area contributed by atoms with Crippen LogP contribution in [-0.4, -0.2) is 16.6 Å². The van der Waals surface area contributed by atoms with E-state index in [0.29, 0.717) is 18.0 Å². The largest absolute Gasteiger partial charge is 0.493 e. The molecule has 0 bridgehead atoms. The van der Waals surface area contributed by atoms with Gasteiger partial charge in [0.25, 0.3) is 0 Å². The van der Waals surface area contributed by atoms with Gasteiger partial charge in [0.15, 0.2) is 0 Å². The summed E-state index contributed by atoms with van der Waals surface area (Å²) in [7, 11) is 0. The number of aryl methyl sites for hydroxylation is 2. The minimum atomic E-state index is 0.484. The van der Waals surface area contributed by atoms with Crippen LogP contribution < -0.4 is 4.74 Å². The van der Waals surface area contributed by atoms with Gasteiger partial charge in [0, 0.05) is 5.56 Å². The Bertz CT molecular complexity index is 1250. The molecule has 0 aliphatic heterocycles. The van der Waals surface area contributed by atoms with Crippen LogP contribution in [0.1, 0.15) is 42.3 Å². The molecule has 0 atom stereocenters. The first-order chi connectivity index (χ1) is 14.6. The molecule has 0 spiro atoms. The average Bonchev–Trinajstić information content (AvgIpc) is 3.15. The lowest BCUT2D eigenvalue weighted by molar-refractivity contribution is 0.309. The Morgan fingerprint density at radius 3 is 2.73 bits per heavy atom. The first kappa shape index (κ1) is 19.7. The van der Waals surface area contributed by atoms with E-state index in [0.717, 1.165) is 46.0 Å². The molecule has 4 rings (SSSR count). The summed E-state index contributed by atoms with van der Waals surface area (Å²) >= 11 is 0. The van der Waals surface area contributed by atoms with E-state index in [2.05, 4.69) is 67.1 Å². The van der Waals surface area contributed by atoms with Crippen LogP contribution in [0.2, 0.25) is 0 Å². The third kappa shape index (κ3) is 3.79. The molecule has 1 N–H and O–H groups in total. The van der Waals surface area contributed by atoms with Crippen molar-refractivity contribution < 1.29 is 4.74 Å². The molecule has 4 heteroatoms. The summed E-state index contributed by atoms with van der Waals surface area (Å²) in [5.74, 6) is 1.36. The number of aromatic amines is 1. The first-order valence-corrected chi connectivity index (χ1v) is 10.3. The van der Waals surface area contributed by atoms with Crippen molar-refractivity contribution in [2.75, 3.05) is 6.61 Å². The lowest BCUT2D eigenvalue weighted by atomic mass is 10.0. The Kier molecular flexibility index (Phi) is 5.54. The lowest BCUT2D eigenvalue weighted by Crippen LogP contribution is -1.99. The fraction of sp³-hybridized carbons (Fsp3) is 0.231. The predicted octanol–water partition coefficient (Wildman–Crippen LogP) is 6.58. The summed E-state index contributed by atoms with van der Waals surface area (Å²) in [6.07, 6.45) is 3.95. The van der Waals surface area contributed by atoms with E-state index in [1.54, 1.807) is 0 Å². The van der Waals surface area contributed by atoms with Gasteiger partial charge in [0.1, 0.15) is 17.6 Å². The summed E-state index contributed by atoms with van der Waals surface area (Å²) in [6.45, 7) is 6.94. The van der Waals surface area contributed by atoms with Gasteiger partial charge in [-0.3, -0.25) is 0 Å². The number of nitrogens with zero attached hydrogens (tertiary/aromatic N) is 2. The van der Waals surface area contributed by atoms with Gasteiger partial charge in [-0.25, -0.2) is 4.98 Å². The second kappa shape index (κ2) is 8.42. The first-order valence-electron chi connectivity index (χ1n) is 10.3. The van der Waals surface area contributed by atoms with Gasteiger partial charge in [-0.1, -0.05) is 43.7 Å². The third-order valence-electron chi connectivity index (χ3n) is 5.45. The van der Waals surface area contributed by atoms with E-state index in [1.807, 2.05) is 24.3 Å². The van der Waals surface area contributed by atoms with Crippen LogP contribution in [0.3, 0.4) is 0 Å². The van der Waals surface area contributed by atoms with Gasteiger partial charge in [0.2, 0.25) is 0 Å². The van der Waals surface area contributed by atoms with Crippen molar-refractivity contribution in [3.05, 3.63) is 71.0 Å². The van der Waals surface area contributed by atoms with Crippen molar-refractivity contribution in [3.8, 4) is 11.8 Å². The number of H-pyrrole nitrogens is 1. The number of unbranched alkanes of at least 4 members (excludes halogenated alkanes) is 1. The van der Waals surface area contributed by atoms with Crippen molar-refractivity contribution in [1.82, 2.24) is 9.97 Å². The molecular formula is C26H25N3O. The van der Waals surface area contributed by atoms with Crippen molar-refractivity contribution in [2.24, 2.45) is 0 Å². The molecule has 0 saturated carbocycles. The SMILES string of the molecule is CCCCOc1ccc2ccccc2c1/C=C(/C#N)c1nc2cc(C)c(C)cc2[nH]1. The number of hydrogen-bond donors (Lipinski definition) is 1. The molecule has 0 radical (unpaired) electrons. The number of nitriles is 1. The summed E-state index contributed by atoms with van der Waals surface area (Å²) < 4.78 is 6.07. The molecule has 150 valence electrons. The summed E-state index contributed by atoms with van der Waals surface area (Å²) in [4.78, 5) is 7.99. The lowest BCUT2D eigenvalue weighted by Gasteiger charge is -2.12. The summed E-state index contributed by atoms with van der Waals surface area (Å²) in [5.41, 5.74) is 5.58. The monoisotopic (exact) mass is 395 g/mol. The van der Waals surface area contributed by atoms with Gasteiger partial charge >= 0.3 is 0 Å². The third-order valence-corrected chi connectivity index (χ3v) is 5.45. The minimum absolute atomic E-state index is 0.484. The smallest absolute Gasteiger partial charge is 0.149 e. The van der Waals surface area contributed by atoms with Crippen LogP contribution in [0, 0.1) is 25.2 Å². The minimum Gasteiger partial charge on any atom is -0.493 e. The van der Waals surface area contributed by atoms with E-state index in [4.69, 9.17) is 4.74 Å². The molecular weight excluding hydrogens is 370 g/mol. The van der Waals surface area contributed by atoms with Crippen LogP contribution in [-0.2, 0) is 0 Å². The number of nitrogens with one attached hydrogen (secondary N) is 1. The van der Waals surface area contributed by atoms with Crippen LogP contribution in [0.5, 0.6) is 5.75 Å². The number of rotatable bonds is 6. The molecule has 0 unspecified atom stereocenters. The van der Waals surface area contributed by atoms with Gasteiger partial charge in [-0.05, 0) is 66.4 Å². The normalized spacial score (nSPS) is 11.7. The number of hydrogen-bond acceptors (Lipinski definition) is 3. The van der Waals surface area contributed by atoms with Gasteiger partial charge in [-0.15, -0.1) is 0 Å². The highest BCUT2D eigenvalue weighted by molar-refractivity contribution is 6.00. The van der Waals surface area contributed by atoms with Crippen molar-refractivity contribution in [1.29, 1.82) is 5.26 Å². The van der Waals surface area contributed by atoms with Crippen molar-refractivity contribution >= 4 is 33.5 Å². The molecule has 4 aromatic rings. The Morgan fingerprint density at radius 1 is 1.13 bits per heavy atom. The molecule has 0 fully saturated rings. The Hall–Kier alpha value is -3.58. The maximum atomic E-state index is 9.93. The van der Waals surface area contributed by atoms with Crippen LogP contribution >= 0.6 is 0 Å².